The van der Waals surface area contributed by atoms with Crippen LogP contribution in [0.15, 0.2) is 59.6 Å². The van der Waals surface area contributed by atoms with E-state index in [1.807, 2.05) is 47.0 Å². The Balaban J connectivity index is 1.67. The largest absolute Gasteiger partial charge is 0.305 e. The zero-order valence-corrected chi connectivity index (χ0v) is 16.9. The highest BCUT2D eigenvalue weighted by Gasteiger charge is 2.13. The van der Waals surface area contributed by atoms with Gasteiger partial charge in [-0.3, -0.25) is 4.79 Å². The maximum atomic E-state index is 12.3. The van der Waals surface area contributed by atoms with Crippen molar-refractivity contribution < 1.29 is 13.2 Å². The molecule has 3 aromatic rings. The highest BCUT2D eigenvalue weighted by atomic mass is 32.2. The molecule has 7 heteroatoms. The molecule has 144 valence electrons. The van der Waals surface area contributed by atoms with Gasteiger partial charge in [0.15, 0.2) is 14.6 Å². The first-order chi connectivity index (χ1) is 13.5. The number of rotatable bonds is 7. The molecule has 3 rings (SSSR count). The molecule has 28 heavy (non-hydrogen) atoms. The fraction of sp³-hybridized carbons (Fsp3) is 0.238. The Hall–Kier alpha value is -2.69. The summed E-state index contributed by atoms with van der Waals surface area (Å²) in [6, 6.07) is 16.7. The first-order valence-electron chi connectivity index (χ1n) is 8.82. The summed E-state index contributed by atoms with van der Waals surface area (Å²) in [4.78, 5) is 17.0. The van der Waals surface area contributed by atoms with Crippen molar-refractivity contribution >= 4 is 37.3 Å². The van der Waals surface area contributed by atoms with Gasteiger partial charge in [0.25, 0.3) is 0 Å². The minimum absolute atomic E-state index is 0.0162. The fourth-order valence-electron chi connectivity index (χ4n) is 2.86. The third-order valence-corrected chi connectivity index (χ3v) is 6.88. The lowest BCUT2D eigenvalue weighted by atomic mass is 10.2. The molecule has 1 heterocycles. The number of sulfone groups is 1. The summed E-state index contributed by atoms with van der Waals surface area (Å²) in [5.41, 5.74) is 1.68. The zero-order valence-electron chi connectivity index (χ0n) is 15.2. The Morgan fingerprint density at radius 1 is 1.11 bits per heavy atom. The van der Waals surface area contributed by atoms with Gasteiger partial charge < -0.3 is 4.57 Å². The van der Waals surface area contributed by atoms with E-state index in [-0.39, 0.29) is 30.3 Å². The van der Waals surface area contributed by atoms with Gasteiger partial charge in [0, 0.05) is 6.42 Å². The van der Waals surface area contributed by atoms with Gasteiger partial charge in [0.2, 0.25) is 5.91 Å². The van der Waals surface area contributed by atoms with Crippen molar-refractivity contribution in [3.05, 3.63) is 65.0 Å². The van der Waals surface area contributed by atoms with E-state index < -0.39 is 9.84 Å². The minimum Gasteiger partial charge on any atom is -0.305 e. The molecule has 0 fully saturated rings. The molecule has 0 N–H and O–H groups in total. The van der Waals surface area contributed by atoms with Gasteiger partial charge in [0.1, 0.15) is 0 Å². The lowest BCUT2D eigenvalue weighted by Crippen LogP contribution is -2.17. The molecule has 0 aliphatic carbocycles. The van der Waals surface area contributed by atoms with Crippen LogP contribution >= 0.6 is 11.3 Å². The van der Waals surface area contributed by atoms with Crippen molar-refractivity contribution in [2.24, 2.45) is 4.99 Å². The van der Waals surface area contributed by atoms with Crippen LogP contribution in [-0.2, 0) is 26.9 Å². The average molecular weight is 413 g/mol. The average Bonchev–Trinajstić information content (AvgIpc) is 2.99. The third-order valence-electron chi connectivity index (χ3n) is 4.13. The second-order valence-corrected chi connectivity index (χ2v) is 9.52. The Labute approximate surface area is 168 Å². The van der Waals surface area contributed by atoms with Crippen LogP contribution in [0.1, 0.15) is 18.4 Å². The van der Waals surface area contributed by atoms with Crippen molar-refractivity contribution in [2.45, 2.75) is 25.1 Å². The van der Waals surface area contributed by atoms with E-state index in [2.05, 4.69) is 10.9 Å². The number of hydrogen-bond acceptors (Lipinski definition) is 4. The van der Waals surface area contributed by atoms with Crippen molar-refractivity contribution in [1.82, 2.24) is 4.57 Å². The number of para-hydroxylation sites is 1. The fourth-order valence-corrected chi connectivity index (χ4v) is 5.33. The lowest BCUT2D eigenvalue weighted by molar-refractivity contribution is -0.118. The lowest BCUT2D eigenvalue weighted by Gasteiger charge is -2.03. The highest BCUT2D eigenvalue weighted by Crippen LogP contribution is 2.16. The normalized spacial score (nSPS) is 12.2. The third kappa shape index (κ3) is 5.18. The number of fused-ring (bicyclic) bond motifs is 1. The summed E-state index contributed by atoms with van der Waals surface area (Å²) in [6.45, 7) is 0.321. The zero-order chi connectivity index (χ0) is 20.0. The Morgan fingerprint density at radius 2 is 1.82 bits per heavy atom. The van der Waals surface area contributed by atoms with Crippen LogP contribution in [-0.4, -0.2) is 24.6 Å². The van der Waals surface area contributed by atoms with E-state index in [1.54, 1.807) is 12.1 Å². The second-order valence-electron chi connectivity index (χ2n) is 6.33. The summed E-state index contributed by atoms with van der Waals surface area (Å²) < 4.78 is 27.3. The molecule has 5 nitrogen and oxygen atoms in total. The number of aromatic nitrogens is 1. The maximum Gasteiger partial charge on any atom is 0.248 e. The molecule has 0 aliphatic rings. The smallest absolute Gasteiger partial charge is 0.248 e. The van der Waals surface area contributed by atoms with E-state index >= 15 is 0 Å². The number of nitrogens with zero attached hydrogens (tertiary/aromatic N) is 2. The van der Waals surface area contributed by atoms with Crippen LogP contribution in [0.5, 0.6) is 0 Å². The molecule has 0 saturated heterocycles. The van der Waals surface area contributed by atoms with Gasteiger partial charge in [-0.25, -0.2) is 8.42 Å². The van der Waals surface area contributed by atoms with Crippen LogP contribution in [0, 0.1) is 12.3 Å². The van der Waals surface area contributed by atoms with Crippen molar-refractivity contribution in [1.29, 1.82) is 0 Å². The van der Waals surface area contributed by atoms with Gasteiger partial charge in [-0.05, 0) is 24.1 Å². The van der Waals surface area contributed by atoms with Gasteiger partial charge in [-0.15, -0.1) is 6.42 Å². The van der Waals surface area contributed by atoms with Gasteiger partial charge in [-0.1, -0.05) is 59.7 Å². The highest BCUT2D eigenvalue weighted by molar-refractivity contribution is 7.90. The molecule has 0 aliphatic heterocycles. The van der Waals surface area contributed by atoms with Crippen LogP contribution < -0.4 is 4.80 Å². The van der Waals surface area contributed by atoms with Crippen LogP contribution in [0.3, 0.4) is 0 Å². The van der Waals surface area contributed by atoms with E-state index in [9.17, 15) is 13.2 Å². The Morgan fingerprint density at radius 3 is 2.57 bits per heavy atom. The number of amides is 1. The summed E-state index contributed by atoms with van der Waals surface area (Å²) >= 11 is 1.39. The van der Waals surface area contributed by atoms with E-state index in [1.165, 1.54) is 11.3 Å². The molecular formula is C21H20N2O3S2. The van der Waals surface area contributed by atoms with Gasteiger partial charge >= 0.3 is 0 Å². The van der Waals surface area contributed by atoms with Crippen molar-refractivity contribution in [3.63, 3.8) is 0 Å². The number of terminal acetylenes is 1. The van der Waals surface area contributed by atoms with Crippen molar-refractivity contribution in [3.8, 4) is 12.3 Å². The Kier molecular flexibility index (Phi) is 6.45. The standard InChI is InChI=1S/C21H20N2O3S2/c1-2-14-23-18-11-6-7-12-19(18)27-21(23)22-20(24)13-8-15-28(25,26)16-17-9-4-3-5-10-17/h1,3-7,9-12H,8,13-16H2. The summed E-state index contributed by atoms with van der Waals surface area (Å²) in [5, 5.41) is 0. The summed E-state index contributed by atoms with van der Waals surface area (Å²) in [6.07, 6.45) is 5.77. The molecule has 0 bridgehead atoms. The summed E-state index contributed by atoms with van der Waals surface area (Å²) in [5.74, 6) is 2.18. The molecule has 1 amide bonds. The Bertz CT molecular complexity index is 1180. The maximum absolute atomic E-state index is 12.3. The van der Waals surface area contributed by atoms with E-state index in [0.717, 1.165) is 15.8 Å². The van der Waals surface area contributed by atoms with Gasteiger partial charge in [-0.2, -0.15) is 4.99 Å². The molecule has 2 aromatic carbocycles. The number of hydrogen-bond donors (Lipinski definition) is 0. The molecule has 0 saturated carbocycles. The quantitative estimate of drug-likeness (QED) is 0.560. The summed E-state index contributed by atoms with van der Waals surface area (Å²) in [7, 11) is -3.26. The minimum atomic E-state index is -3.26. The van der Waals surface area contributed by atoms with Gasteiger partial charge in [0.05, 0.1) is 28.3 Å². The number of benzene rings is 2. The number of carbonyl (C=O) groups is 1. The monoisotopic (exact) mass is 412 g/mol. The topological polar surface area (TPSA) is 68.5 Å². The molecule has 1 aromatic heterocycles. The van der Waals surface area contributed by atoms with E-state index in [0.29, 0.717) is 11.3 Å². The predicted molar refractivity (Wildman–Crippen MR) is 112 cm³/mol. The van der Waals surface area contributed by atoms with E-state index in [4.69, 9.17) is 6.42 Å². The molecular weight excluding hydrogens is 392 g/mol. The molecule has 0 unspecified atom stereocenters. The first kappa shape index (κ1) is 20.1. The second kappa shape index (κ2) is 9.00. The molecule has 0 radical (unpaired) electrons. The van der Waals surface area contributed by atoms with Crippen LogP contribution in [0.4, 0.5) is 0 Å². The predicted octanol–water partition coefficient (Wildman–Crippen LogP) is 3.16. The SMILES string of the molecule is C#CCn1c(=NC(=O)CCCS(=O)(=O)Cc2ccccc2)sc2ccccc21. The first-order valence-corrected chi connectivity index (χ1v) is 11.5. The number of thiazole rings is 1. The van der Waals surface area contributed by atoms with Crippen molar-refractivity contribution in [2.75, 3.05) is 5.75 Å². The molecule has 0 spiro atoms. The van der Waals surface area contributed by atoms with Crippen LogP contribution in [0.2, 0.25) is 0 Å². The van der Waals surface area contributed by atoms with Crippen LogP contribution in [0.25, 0.3) is 10.2 Å². The number of carbonyl (C=O) groups excluding carboxylic acids is 1. The molecule has 0 atom stereocenters.